The van der Waals surface area contributed by atoms with E-state index in [1.54, 1.807) is 9.47 Å². The first-order valence-electron chi connectivity index (χ1n) is 0.783. The van der Waals surface area contributed by atoms with Crippen LogP contribution >= 0.6 is 9.47 Å². The Morgan fingerprint density at radius 3 is 1.57 bits per heavy atom. The van der Waals surface area contributed by atoms with E-state index < -0.39 is 15.4 Å². The summed E-state index contributed by atoms with van der Waals surface area (Å²) >= 11 is -3.24. The van der Waals surface area contributed by atoms with Crippen molar-refractivity contribution in [2.24, 2.45) is 0 Å². The Bertz CT molecular complexity index is 73.0. The van der Waals surface area contributed by atoms with Gasteiger partial charge in [-0.1, -0.05) is 0 Å². The van der Waals surface area contributed by atoms with E-state index in [-0.39, 0.29) is 50.6 Å². The molecule has 0 amide bonds. The van der Waals surface area contributed by atoms with E-state index in [4.69, 9.17) is 0 Å². The second kappa shape index (κ2) is 11.1. The summed E-state index contributed by atoms with van der Waals surface area (Å²) in [5.41, 5.74) is 0. The van der Waals surface area contributed by atoms with E-state index in [2.05, 4.69) is 3.45 Å². The predicted octanol–water partition coefficient (Wildman–Crippen LogP) is -0.634. The molecule has 0 aromatic heterocycles. The Kier molecular flexibility index (Phi) is 25.6. The minimum absolute atomic E-state index is 0. The van der Waals surface area contributed by atoms with Gasteiger partial charge in [-0.05, 0) is 0 Å². The molecular formula is H3MoNaO3PV. The SMILES string of the molecule is [Mo].[NaH].[O]=[V](=[O])[O]P. The topological polar surface area (TPSA) is 43.4 Å². The standard InChI is InChI=1S/Mo.Na.H2OP.2O.V.H/c;;1-2;;;;/h;;2H2;;;;/q;;-1;;;+1;. The third-order valence-electron chi connectivity index (χ3n) is 0.0861. The van der Waals surface area contributed by atoms with E-state index in [9.17, 15) is 7.35 Å². The average Bonchev–Trinajstić information content (AvgIpc) is 1.38. The molecule has 0 aliphatic rings. The molecule has 0 aliphatic carbocycles. The molecule has 0 aromatic rings. The second-order valence-corrected chi connectivity index (χ2v) is 2.23. The van der Waals surface area contributed by atoms with E-state index >= 15 is 0 Å². The second-order valence-electron chi connectivity index (χ2n) is 0.329. The molecule has 0 spiro atoms. The quantitative estimate of drug-likeness (QED) is 0.460. The van der Waals surface area contributed by atoms with Crippen molar-refractivity contribution in [2.45, 2.75) is 0 Å². The fourth-order valence-corrected chi connectivity index (χ4v) is 0. The molecule has 0 fully saturated rings. The average molecular weight is 252 g/mol. The molecule has 38 valence electrons. The summed E-state index contributed by atoms with van der Waals surface area (Å²) in [7, 11) is 1.63. The van der Waals surface area contributed by atoms with Gasteiger partial charge in [0.15, 0.2) is 0 Å². The molecular weight excluding hydrogens is 249 g/mol. The molecule has 0 bridgehead atoms. The van der Waals surface area contributed by atoms with E-state index in [1.807, 2.05) is 0 Å². The summed E-state index contributed by atoms with van der Waals surface area (Å²) in [5, 5.41) is 0. The van der Waals surface area contributed by atoms with Gasteiger partial charge in [-0.15, -0.1) is 0 Å². The van der Waals surface area contributed by atoms with Gasteiger partial charge >= 0.3 is 65.2 Å². The molecule has 0 rings (SSSR count). The molecule has 0 heterocycles. The maximum absolute atomic E-state index is 9.24. The van der Waals surface area contributed by atoms with Crippen molar-refractivity contribution < 1.29 is 47.3 Å². The zero-order valence-electron chi connectivity index (χ0n) is 2.66. The maximum atomic E-state index is 9.24. The van der Waals surface area contributed by atoms with Crippen LogP contribution in [0, 0.1) is 0 Å². The summed E-state index contributed by atoms with van der Waals surface area (Å²) in [6, 6.07) is 0. The summed E-state index contributed by atoms with van der Waals surface area (Å²) in [6.07, 6.45) is 0. The van der Waals surface area contributed by atoms with Crippen molar-refractivity contribution in [2.75, 3.05) is 0 Å². The third-order valence-corrected chi connectivity index (χ3v) is 1.06. The van der Waals surface area contributed by atoms with Gasteiger partial charge in [-0.25, -0.2) is 0 Å². The normalized spacial score (nSPS) is 5.29. The first kappa shape index (κ1) is 16.1. The van der Waals surface area contributed by atoms with Gasteiger partial charge in [0, 0.05) is 21.1 Å². The molecule has 1 atom stereocenters. The predicted molar refractivity (Wildman–Crippen MR) is 19.3 cm³/mol. The van der Waals surface area contributed by atoms with Gasteiger partial charge in [0.05, 0.1) is 0 Å². The van der Waals surface area contributed by atoms with E-state index in [1.165, 1.54) is 0 Å². The summed E-state index contributed by atoms with van der Waals surface area (Å²) in [4.78, 5) is 0. The molecule has 0 radical (unpaired) electrons. The third kappa shape index (κ3) is 17.8. The number of hydrogen-bond acceptors (Lipinski definition) is 3. The van der Waals surface area contributed by atoms with Crippen LogP contribution in [0.4, 0.5) is 0 Å². The monoisotopic (exact) mass is 254 g/mol. The van der Waals surface area contributed by atoms with Gasteiger partial charge in [0.2, 0.25) is 0 Å². The molecule has 7 heteroatoms. The number of hydrogen-bond donors (Lipinski definition) is 0. The van der Waals surface area contributed by atoms with Crippen molar-refractivity contribution >= 4 is 39.0 Å². The van der Waals surface area contributed by atoms with Crippen LogP contribution < -0.4 is 0 Å². The molecule has 3 nitrogen and oxygen atoms in total. The van der Waals surface area contributed by atoms with Crippen LogP contribution in [0.5, 0.6) is 0 Å². The Morgan fingerprint density at radius 1 is 1.43 bits per heavy atom. The van der Waals surface area contributed by atoms with Crippen LogP contribution in [-0.4, -0.2) is 29.6 Å². The van der Waals surface area contributed by atoms with Gasteiger partial charge in [-0.2, -0.15) is 0 Å². The zero-order valence-corrected chi connectivity index (χ0v) is 7.22. The van der Waals surface area contributed by atoms with E-state index in [0.29, 0.717) is 0 Å². The fourth-order valence-electron chi connectivity index (χ4n) is 0. The van der Waals surface area contributed by atoms with E-state index in [0.717, 1.165) is 0 Å². The number of rotatable bonds is 1. The van der Waals surface area contributed by atoms with Crippen molar-refractivity contribution in [1.29, 1.82) is 0 Å². The summed E-state index contributed by atoms with van der Waals surface area (Å²) in [5.74, 6) is 0. The van der Waals surface area contributed by atoms with Gasteiger partial charge in [0.1, 0.15) is 0 Å². The van der Waals surface area contributed by atoms with Gasteiger partial charge in [0.25, 0.3) is 0 Å². The molecule has 0 saturated carbocycles. The van der Waals surface area contributed by atoms with Crippen LogP contribution in [-0.2, 0) is 47.3 Å². The molecule has 0 saturated heterocycles. The fraction of sp³-hybridized carbons (Fsp3) is 0. The van der Waals surface area contributed by atoms with Crippen molar-refractivity contribution in [3.8, 4) is 0 Å². The van der Waals surface area contributed by atoms with Gasteiger partial charge < -0.3 is 0 Å². The molecule has 0 N–H and O–H groups in total. The minimum atomic E-state index is -3.24. The van der Waals surface area contributed by atoms with Crippen LogP contribution in [0.3, 0.4) is 0 Å². The van der Waals surface area contributed by atoms with Gasteiger partial charge in [-0.3, -0.25) is 0 Å². The Hall–Kier alpha value is 2.26. The molecule has 0 aliphatic heterocycles. The summed E-state index contributed by atoms with van der Waals surface area (Å²) < 4.78 is 22.2. The molecule has 0 aromatic carbocycles. The van der Waals surface area contributed by atoms with Crippen LogP contribution in [0.15, 0.2) is 0 Å². The zero-order chi connectivity index (χ0) is 4.28. The van der Waals surface area contributed by atoms with Crippen molar-refractivity contribution in [1.82, 2.24) is 0 Å². The molecule has 7 heavy (non-hydrogen) atoms. The van der Waals surface area contributed by atoms with Crippen LogP contribution in [0.1, 0.15) is 0 Å². The first-order valence-corrected chi connectivity index (χ1v) is 2.97. The summed E-state index contributed by atoms with van der Waals surface area (Å²) in [6.45, 7) is 0. The Balaban J connectivity index is -0.0000000800. The van der Waals surface area contributed by atoms with Crippen molar-refractivity contribution in [3.05, 3.63) is 0 Å². The van der Waals surface area contributed by atoms with Crippen molar-refractivity contribution in [3.63, 3.8) is 0 Å². The Morgan fingerprint density at radius 2 is 1.57 bits per heavy atom. The molecule has 1 unspecified atom stereocenters. The Labute approximate surface area is 85.2 Å². The van der Waals surface area contributed by atoms with Crippen LogP contribution in [0.25, 0.3) is 0 Å². The van der Waals surface area contributed by atoms with Crippen LogP contribution in [0.2, 0.25) is 0 Å². The first-order chi connectivity index (χ1) is 2.27.